The van der Waals surface area contributed by atoms with Crippen molar-refractivity contribution in [2.75, 3.05) is 26.9 Å². The van der Waals surface area contributed by atoms with Gasteiger partial charge in [-0.25, -0.2) is 9.59 Å². The van der Waals surface area contributed by atoms with E-state index in [1.54, 1.807) is 19.1 Å². The van der Waals surface area contributed by atoms with Gasteiger partial charge in [-0.05, 0) is 163 Å². The van der Waals surface area contributed by atoms with Crippen molar-refractivity contribution >= 4 is 29.0 Å². The summed E-state index contributed by atoms with van der Waals surface area (Å²) >= 11 is 0. The van der Waals surface area contributed by atoms with Crippen LogP contribution in [0.5, 0.6) is 5.75 Å². The summed E-state index contributed by atoms with van der Waals surface area (Å²) < 4.78 is 33.8. The van der Waals surface area contributed by atoms with Crippen molar-refractivity contribution in [2.24, 2.45) is 23.7 Å². The number of hydrogen-bond donors (Lipinski definition) is 3. The van der Waals surface area contributed by atoms with Gasteiger partial charge in [0.1, 0.15) is 11.3 Å². The number of methoxy groups -OCH3 is 1. The zero-order valence-corrected chi connectivity index (χ0v) is 48.6. The molecule has 436 valence electrons. The van der Waals surface area contributed by atoms with E-state index < -0.39 is 47.9 Å². The van der Waals surface area contributed by atoms with Crippen LogP contribution in [0.1, 0.15) is 175 Å². The third-order valence-corrected chi connectivity index (χ3v) is 21.1. The van der Waals surface area contributed by atoms with E-state index >= 15 is 9.59 Å². The lowest BCUT2D eigenvalue weighted by Gasteiger charge is -2.50. The van der Waals surface area contributed by atoms with E-state index in [0.29, 0.717) is 47.1 Å². The quantitative estimate of drug-likeness (QED) is 0.0518. The molecular formula is C73H78O11. The van der Waals surface area contributed by atoms with Gasteiger partial charge in [-0.2, -0.15) is 0 Å². The molecule has 0 spiro atoms. The third-order valence-electron chi connectivity index (χ3n) is 21.1. The van der Waals surface area contributed by atoms with E-state index in [1.165, 1.54) is 59.8 Å². The van der Waals surface area contributed by atoms with E-state index in [4.69, 9.17) is 23.4 Å². The summed E-state index contributed by atoms with van der Waals surface area (Å²) in [5.74, 6) is -1.87. The van der Waals surface area contributed by atoms with Crippen molar-refractivity contribution in [1.82, 2.24) is 0 Å². The van der Waals surface area contributed by atoms with Crippen molar-refractivity contribution in [1.29, 1.82) is 0 Å². The van der Waals surface area contributed by atoms with Crippen LogP contribution < -0.4 is 10.4 Å². The fourth-order valence-electron chi connectivity index (χ4n) is 17.0. The van der Waals surface area contributed by atoms with E-state index in [1.807, 2.05) is 6.92 Å². The summed E-state index contributed by atoms with van der Waals surface area (Å²) in [6.45, 7) is 2.70. The van der Waals surface area contributed by atoms with Gasteiger partial charge in [0, 0.05) is 65.7 Å². The highest BCUT2D eigenvalue weighted by Gasteiger charge is 2.62. The number of ether oxygens (including phenoxy) is 4. The number of fused-ring (bicyclic) bond motifs is 11. The third kappa shape index (κ3) is 9.81. The minimum Gasteiger partial charge on any atom is -0.483 e. The summed E-state index contributed by atoms with van der Waals surface area (Å²) in [5, 5.41) is 32.7. The number of rotatable bonds is 10. The molecule has 0 saturated heterocycles. The maximum atomic E-state index is 15.8. The molecule has 3 N–H and O–H groups in total. The van der Waals surface area contributed by atoms with Crippen LogP contribution in [-0.2, 0) is 48.7 Å². The Balaban J connectivity index is 1.00. The molecule has 2 saturated carbocycles. The summed E-state index contributed by atoms with van der Waals surface area (Å²) in [5.41, 5.74) is 9.20. The lowest BCUT2D eigenvalue weighted by atomic mass is 9.64. The molecule has 3 aliphatic heterocycles. The topological polar surface area (TPSA) is 162 Å². The van der Waals surface area contributed by atoms with E-state index in [9.17, 15) is 20.1 Å². The Labute approximate surface area is 492 Å². The van der Waals surface area contributed by atoms with Crippen LogP contribution >= 0.6 is 0 Å². The van der Waals surface area contributed by atoms with Gasteiger partial charge in [0.15, 0.2) is 17.8 Å². The van der Waals surface area contributed by atoms with E-state index in [-0.39, 0.29) is 103 Å². The summed E-state index contributed by atoms with van der Waals surface area (Å²) in [6, 6.07) is 39.1. The first-order valence-electron chi connectivity index (χ1n) is 30.9. The molecule has 1 aromatic heterocycles. The minimum atomic E-state index is -1.37. The molecule has 11 heteroatoms. The highest BCUT2D eigenvalue weighted by atomic mass is 16.6. The molecule has 84 heavy (non-hydrogen) atoms. The smallest absolute Gasteiger partial charge is 0.340 e. The molecule has 11 atom stereocenters. The summed E-state index contributed by atoms with van der Waals surface area (Å²) in [4.78, 5) is 46.0. The van der Waals surface area contributed by atoms with Crippen molar-refractivity contribution in [2.45, 2.75) is 151 Å². The average Bonchev–Trinajstić information content (AvgIpc) is 1.40. The number of allylic oxidation sites excluding steroid dienone is 3. The number of aliphatic hydroxyl groups is 3. The van der Waals surface area contributed by atoms with Gasteiger partial charge < -0.3 is 38.7 Å². The van der Waals surface area contributed by atoms with Crippen LogP contribution in [0.2, 0.25) is 0 Å². The fourth-order valence-corrected chi connectivity index (χ4v) is 17.0. The Kier molecular flexibility index (Phi) is 15.5. The van der Waals surface area contributed by atoms with Crippen molar-refractivity contribution in [3.63, 3.8) is 0 Å². The van der Waals surface area contributed by atoms with Gasteiger partial charge in [0.2, 0.25) is 0 Å². The number of hydrogen-bond acceptors (Lipinski definition) is 11. The highest BCUT2D eigenvalue weighted by molar-refractivity contribution is 5.90. The zero-order valence-electron chi connectivity index (χ0n) is 48.6. The molecule has 5 bridgehead atoms. The van der Waals surface area contributed by atoms with Gasteiger partial charge in [-0.1, -0.05) is 141 Å². The van der Waals surface area contributed by atoms with Crippen molar-refractivity contribution in [3.8, 4) is 5.75 Å². The van der Waals surface area contributed by atoms with Crippen LogP contribution in [0, 0.1) is 23.7 Å². The molecule has 7 aliphatic rings. The molecule has 0 radical (unpaired) electrons. The Morgan fingerprint density at radius 1 is 0.786 bits per heavy atom. The van der Waals surface area contributed by atoms with Crippen LogP contribution in [0.4, 0.5) is 0 Å². The molecule has 4 aliphatic carbocycles. The van der Waals surface area contributed by atoms with Gasteiger partial charge in [0.05, 0.1) is 25.4 Å². The van der Waals surface area contributed by atoms with Gasteiger partial charge >= 0.3 is 17.6 Å². The standard InChI is InChI=1S/C73H78O11/c1-43(40-75)54-25-21-44-19-20-49-35-47(44)24-28-58-57-27-22-45-13-8-9-18-56(45)60(57)39-62(58)72(2)69(83-70(54)78)68(66-63(84-72)30-29-59-61(41-76)65(71(79)82-67(59)66)50(31-34-74)42-80-3)81-64(77)38-51-36-48(23-26-55(49)51)46-14-12-17-53(37-46)73(32-10-5-11-33-73)52-15-6-4-7-16-52/h4,6-9,12-20,22-23,26-27,29-30,35,37,48,50-51,55,57-58,60,62,68-69,74-76H,5,10-11,21,24-25,28,31-34,36,38-42H2,1-3H3/b54-43-/t48-,50+,51-,55-,57+,58+,60+,62-,68+,69-,72-/m0/s1. The van der Waals surface area contributed by atoms with E-state index in [2.05, 4.69) is 121 Å². The minimum absolute atomic E-state index is 0.0000425. The van der Waals surface area contributed by atoms with Crippen LogP contribution in [-0.4, -0.2) is 65.9 Å². The number of carbonyl (C=O) groups is 2. The van der Waals surface area contributed by atoms with Crippen LogP contribution in [0.15, 0.2) is 148 Å². The number of carbonyl (C=O) groups excluding carboxylic acids is 2. The number of esters is 2. The summed E-state index contributed by atoms with van der Waals surface area (Å²) in [7, 11) is 1.52. The molecule has 13 rings (SSSR count). The predicted molar refractivity (Wildman–Crippen MR) is 323 cm³/mol. The lowest BCUT2D eigenvalue weighted by Crippen LogP contribution is -2.59. The molecule has 2 fully saturated rings. The molecular weight excluding hydrogens is 1050 g/mol. The van der Waals surface area contributed by atoms with Gasteiger partial charge in [0.25, 0.3) is 0 Å². The van der Waals surface area contributed by atoms with Crippen LogP contribution in [0.3, 0.4) is 0 Å². The molecule has 11 nitrogen and oxygen atoms in total. The number of aryl methyl sites for hydroxylation is 2. The first-order chi connectivity index (χ1) is 40.9. The zero-order chi connectivity index (χ0) is 57.9. The maximum absolute atomic E-state index is 15.8. The second-order valence-corrected chi connectivity index (χ2v) is 25.5. The maximum Gasteiger partial charge on any atom is 0.340 e. The average molecular weight is 1130 g/mol. The largest absolute Gasteiger partial charge is 0.483 e. The highest BCUT2D eigenvalue weighted by Crippen LogP contribution is 2.61. The Morgan fingerprint density at radius 2 is 1.60 bits per heavy atom. The Bertz CT molecular complexity index is 3630. The molecule has 4 heterocycles. The Hall–Kier alpha value is -6.89. The molecule has 5 aromatic carbocycles. The number of aliphatic hydroxyl groups excluding tert-OH is 3. The van der Waals surface area contributed by atoms with Gasteiger partial charge in [-0.3, -0.25) is 4.79 Å². The second-order valence-electron chi connectivity index (χ2n) is 25.5. The monoisotopic (exact) mass is 1130 g/mol. The van der Waals surface area contributed by atoms with Gasteiger partial charge in [-0.15, -0.1) is 0 Å². The lowest BCUT2D eigenvalue weighted by molar-refractivity contribution is -0.202. The predicted octanol–water partition coefficient (Wildman–Crippen LogP) is 13.1. The Morgan fingerprint density at radius 3 is 2.39 bits per heavy atom. The SMILES string of the molecule is COC[C@@H](CCO)c1c(CO)c2ccc3c(c2oc1=O)[C@H]1OC(=O)C[C@@H]2C[C@@H](c4cccc(C5(c6ccccc6)CCCCC5)c4)C=C[C@H]2c2ccc4c(c2)CC[C@@H]2[C@H]5C=Cc6ccccc6[C@H]5C[C@@H]2[C@](C)(O3)[C@H]1OC(=O)/C(=C(/C)CO)CC4. The first kappa shape index (κ1) is 56.3. The molecule has 6 aromatic rings. The number of benzene rings is 5. The van der Waals surface area contributed by atoms with E-state index in [0.717, 1.165) is 36.8 Å². The first-order valence-corrected chi connectivity index (χ1v) is 30.9. The summed E-state index contributed by atoms with van der Waals surface area (Å²) in [6.07, 6.45) is 16.3. The fraction of sp³-hybridized carbons (Fsp3) is 0.438. The molecule has 0 amide bonds. The van der Waals surface area contributed by atoms with Crippen molar-refractivity contribution in [3.05, 3.63) is 210 Å². The molecule has 0 unspecified atom stereocenters. The van der Waals surface area contributed by atoms with Crippen molar-refractivity contribution < 1.29 is 48.3 Å². The second kappa shape index (κ2) is 23.2. The van der Waals surface area contributed by atoms with Crippen LogP contribution in [0.25, 0.3) is 17.0 Å². The normalized spacial score (nSPS) is 28.7.